The van der Waals surface area contributed by atoms with Crippen LogP contribution in [0.25, 0.3) is 0 Å². The van der Waals surface area contributed by atoms with Gasteiger partial charge in [-0.3, -0.25) is 0 Å². The average Bonchev–Trinajstić information content (AvgIpc) is 2.89. The number of aliphatic hydroxyl groups is 1. The van der Waals surface area contributed by atoms with Gasteiger partial charge in [-0.25, -0.2) is 0 Å². The summed E-state index contributed by atoms with van der Waals surface area (Å²) in [7, 11) is 0. The molecule has 0 unspecified atom stereocenters. The van der Waals surface area contributed by atoms with Gasteiger partial charge in [0.1, 0.15) is 5.60 Å². The third kappa shape index (κ3) is 1.77. The van der Waals surface area contributed by atoms with E-state index in [4.69, 9.17) is 6.42 Å². The molecule has 0 aliphatic heterocycles. The molecule has 1 heteroatoms. The molecule has 6 atom stereocenters. The summed E-state index contributed by atoms with van der Waals surface area (Å²) in [5.41, 5.74) is 0.959. The highest BCUT2D eigenvalue weighted by atomic mass is 16.3. The summed E-state index contributed by atoms with van der Waals surface area (Å²) in [6, 6.07) is 0. The van der Waals surface area contributed by atoms with Crippen LogP contribution in [0.15, 0.2) is 11.6 Å². The Hall–Kier alpha value is -0.740. The van der Waals surface area contributed by atoms with Crippen LogP contribution in [-0.2, 0) is 0 Å². The van der Waals surface area contributed by atoms with Gasteiger partial charge in [-0.05, 0) is 87.9 Å². The highest BCUT2D eigenvalue weighted by molar-refractivity contribution is 5.26. The van der Waals surface area contributed by atoms with Gasteiger partial charge < -0.3 is 5.11 Å². The van der Waals surface area contributed by atoms with Crippen molar-refractivity contribution in [2.45, 2.75) is 76.7 Å². The number of hydrogen-bond donors (Lipinski definition) is 1. The van der Waals surface area contributed by atoms with E-state index >= 15 is 0 Å². The standard InChI is InChI=1S/C21H30O/c1-3-20-13-11-17-16-8-6-5-7-15(16)9-10-18(17)19(20)12-14-21(20,22)4-2/h2,7,16-19,22H,3,5-6,8-14H2,1H3/t16-,17-,18-,19-,20-,21-/m1/s1. The van der Waals surface area contributed by atoms with Gasteiger partial charge in [-0.1, -0.05) is 24.5 Å². The molecule has 0 spiro atoms. The molecule has 0 amide bonds. The number of fused-ring (bicyclic) bond motifs is 5. The summed E-state index contributed by atoms with van der Waals surface area (Å²) in [5.74, 6) is 6.05. The third-order valence-electron chi connectivity index (χ3n) is 8.10. The highest BCUT2D eigenvalue weighted by Crippen LogP contribution is 2.66. The van der Waals surface area contributed by atoms with E-state index in [0.29, 0.717) is 5.92 Å². The van der Waals surface area contributed by atoms with E-state index < -0.39 is 5.60 Å². The third-order valence-corrected chi connectivity index (χ3v) is 8.10. The first-order valence-electron chi connectivity index (χ1n) is 9.54. The first-order chi connectivity index (χ1) is 10.6. The molecule has 0 aromatic rings. The molecular weight excluding hydrogens is 268 g/mol. The topological polar surface area (TPSA) is 20.2 Å². The van der Waals surface area contributed by atoms with Crippen LogP contribution in [0.5, 0.6) is 0 Å². The summed E-state index contributed by atoms with van der Waals surface area (Å²) >= 11 is 0. The number of hydrogen-bond acceptors (Lipinski definition) is 1. The Kier molecular flexibility index (Phi) is 3.46. The molecule has 4 aliphatic rings. The lowest BCUT2D eigenvalue weighted by Crippen LogP contribution is -2.53. The van der Waals surface area contributed by atoms with Crippen molar-refractivity contribution in [2.24, 2.45) is 29.1 Å². The fourth-order valence-corrected chi connectivity index (χ4v) is 7.08. The number of terminal acetylenes is 1. The van der Waals surface area contributed by atoms with E-state index in [1.54, 1.807) is 5.57 Å². The Morgan fingerprint density at radius 3 is 2.86 bits per heavy atom. The van der Waals surface area contributed by atoms with Crippen molar-refractivity contribution in [3.63, 3.8) is 0 Å². The van der Waals surface area contributed by atoms with E-state index in [1.807, 2.05) is 0 Å². The summed E-state index contributed by atoms with van der Waals surface area (Å²) in [6.07, 6.45) is 20.6. The Morgan fingerprint density at radius 1 is 1.23 bits per heavy atom. The van der Waals surface area contributed by atoms with Gasteiger partial charge in [0.2, 0.25) is 0 Å². The minimum atomic E-state index is -0.833. The summed E-state index contributed by atoms with van der Waals surface area (Å²) in [6.45, 7) is 2.26. The zero-order valence-electron chi connectivity index (χ0n) is 14.0. The molecule has 4 aliphatic carbocycles. The lowest BCUT2D eigenvalue weighted by atomic mass is 9.49. The molecular formula is C21H30O. The van der Waals surface area contributed by atoms with Crippen molar-refractivity contribution in [3.8, 4) is 12.3 Å². The van der Waals surface area contributed by atoms with Gasteiger partial charge in [0.05, 0.1) is 0 Å². The lowest BCUT2D eigenvalue weighted by Gasteiger charge is -2.56. The van der Waals surface area contributed by atoms with E-state index in [1.165, 1.54) is 38.5 Å². The molecule has 120 valence electrons. The molecule has 0 saturated heterocycles. The summed E-state index contributed by atoms with van der Waals surface area (Å²) < 4.78 is 0. The number of allylic oxidation sites excluding steroid dienone is 2. The Labute approximate surface area is 135 Å². The smallest absolute Gasteiger partial charge is 0.131 e. The van der Waals surface area contributed by atoms with Crippen molar-refractivity contribution in [1.29, 1.82) is 0 Å². The van der Waals surface area contributed by atoms with Gasteiger partial charge >= 0.3 is 0 Å². The molecule has 0 radical (unpaired) electrons. The minimum absolute atomic E-state index is 0.0127. The van der Waals surface area contributed by atoms with E-state index in [0.717, 1.165) is 43.4 Å². The first-order valence-corrected chi connectivity index (χ1v) is 9.54. The van der Waals surface area contributed by atoms with Gasteiger partial charge in [-0.15, -0.1) is 6.42 Å². The van der Waals surface area contributed by atoms with Crippen LogP contribution < -0.4 is 0 Å². The molecule has 0 aromatic carbocycles. The zero-order chi connectivity index (χ0) is 15.4. The summed E-state index contributed by atoms with van der Waals surface area (Å²) in [4.78, 5) is 0. The van der Waals surface area contributed by atoms with Gasteiger partial charge in [0.15, 0.2) is 0 Å². The second-order valence-electron chi connectivity index (χ2n) is 8.38. The second-order valence-corrected chi connectivity index (χ2v) is 8.38. The quantitative estimate of drug-likeness (QED) is 0.549. The van der Waals surface area contributed by atoms with Crippen molar-refractivity contribution in [3.05, 3.63) is 11.6 Å². The van der Waals surface area contributed by atoms with Gasteiger partial charge in [0.25, 0.3) is 0 Å². The molecule has 0 heterocycles. The predicted molar refractivity (Wildman–Crippen MR) is 90.1 cm³/mol. The predicted octanol–water partition coefficient (Wildman–Crippen LogP) is 4.70. The van der Waals surface area contributed by atoms with E-state index in [9.17, 15) is 5.11 Å². The van der Waals surface area contributed by atoms with E-state index in [-0.39, 0.29) is 5.41 Å². The molecule has 3 saturated carbocycles. The van der Waals surface area contributed by atoms with Crippen LogP contribution in [0.1, 0.15) is 71.1 Å². The van der Waals surface area contributed by atoms with Crippen molar-refractivity contribution >= 4 is 0 Å². The normalized spacial score (nSPS) is 50.3. The van der Waals surface area contributed by atoms with Crippen LogP contribution in [0, 0.1) is 41.4 Å². The maximum atomic E-state index is 11.1. The molecule has 3 fully saturated rings. The molecule has 22 heavy (non-hydrogen) atoms. The van der Waals surface area contributed by atoms with Crippen LogP contribution >= 0.6 is 0 Å². The van der Waals surface area contributed by atoms with Crippen molar-refractivity contribution < 1.29 is 5.11 Å². The summed E-state index contributed by atoms with van der Waals surface area (Å²) in [5, 5.41) is 11.1. The average molecular weight is 298 g/mol. The monoisotopic (exact) mass is 298 g/mol. The maximum absolute atomic E-state index is 11.1. The van der Waals surface area contributed by atoms with Gasteiger partial charge in [-0.2, -0.15) is 0 Å². The number of rotatable bonds is 1. The van der Waals surface area contributed by atoms with Crippen molar-refractivity contribution in [2.75, 3.05) is 0 Å². The van der Waals surface area contributed by atoms with Crippen LogP contribution in [0.3, 0.4) is 0 Å². The Balaban J connectivity index is 1.68. The molecule has 1 N–H and O–H groups in total. The van der Waals surface area contributed by atoms with Gasteiger partial charge in [0, 0.05) is 5.41 Å². The highest BCUT2D eigenvalue weighted by Gasteiger charge is 2.63. The van der Waals surface area contributed by atoms with E-state index in [2.05, 4.69) is 18.9 Å². The second kappa shape index (κ2) is 5.13. The minimum Gasteiger partial charge on any atom is -0.377 e. The SMILES string of the molecule is C#C[C@@]1(O)CC[C@@H]2[C@@H]3CCC4=CCCC[C@H]4[C@H]3CC[C@]21CC. The first kappa shape index (κ1) is 14.8. The molecule has 0 bridgehead atoms. The molecule has 1 nitrogen and oxygen atoms in total. The Morgan fingerprint density at radius 2 is 2.09 bits per heavy atom. The zero-order valence-corrected chi connectivity index (χ0v) is 14.0. The lowest BCUT2D eigenvalue weighted by molar-refractivity contribution is -0.0993. The molecule has 0 aromatic heterocycles. The van der Waals surface area contributed by atoms with Crippen LogP contribution in [-0.4, -0.2) is 10.7 Å². The Bertz CT molecular complexity index is 527. The fourth-order valence-electron chi connectivity index (χ4n) is 7.08. The largest absolute Gasteiger partial charge is 0.377 e. The van der Waals surface area contributed by atoms with Crippen LogP contribution in [0.2, 0.25) is 0 Å². The van der Waals surface area contributed by atoms with Crippen molar-refractivity contribution in [1.82, 2.24) is 0 Å². The maximum Gasteiger partial charge on any atom is 0.131 e. The fraction of sp³-hybridized carbons (Fsp3) is 0.810. The van der Waals surface area contributed by atoms with Crippen LogP contribution in [0.4, 0.5) is 0 Å². The molecule has 4 rings (SSSR count).